The van der Waals surface area contributed by atoms with Gasteiger partial charge >= 0.3 is 0 Å². The SMILES string of the molecule is CC(C)n1cnnc1-c1ccnc2ccccc12. The van der Waals surface area contributed by atoms with Crippen LogP contribution in [0.25, 0.3) is 22.3 Å². The topological polar surface area (TPSA) is 43.6 Å². The van der Waals surface area contributed by atoms with Crippen molar-refractivity contribution in [2.75, 3.05) is 0 Å². The summed E-state index contributed by atoms with van der Waals surface area (Å²) in [7, 11) is 0. The van der Waals surface area contributed by atoms with Crippen molar-refractivity contribution in [2.24, 2.45) is 0 Å². The van der Waals surface area contributed by atoms with Crippen LogP contribution in [-0.2, 0) is 0 Å². The van der Waals surface area contributed by atoms with Gasteiger partial charge in [-0.25, -0.2) is 0 Å². The Hall–Kier alpha value is -2.23. The van der Waals surface area contributed by atoms with Crippen LogP contribution in [-0.4, -0.2) is 19.7 Å². The molecule has 0 bridgehead atoms. The molecule has 3 rings (SSSR count). The third-order valence-electron chi connectivity index (χ3n) is 3.02. The average Bonchev–Trinajstić information content (AvgIpc) is 2.87. The highest BCUT2D eigenvalue weighted by molar-refractivity contribution is 5.92. The van der Waals surface area contributed by atoms with E-state index in [0.717, 1.165) is 22.3 Å². The highest BCUT2D eigenvalue weighted by Crippen LogP contribution is 2.26. The Balaban J connectivity index is 2.28. The van der Waals surface area contributed by atoms with Crippen LogP contribution < -0.4 is 0 Å². The van der Waals surface area contributed by atoms with Gasteiger partial charge in [0.05, 0.1) is 5.52 Å². The number of hydrogen-bond donors (Lipinski definition) is 0. The van der Waals surface area contributed by atoms with E-state index in [1.807, 2.05) is 30.5 Å². The molecule has 3 aromatic rings. The van der Waals surface area contributed by atoms with Crippen LogP contribution in [0.1, 0.15) is 19.9 Å². The molecule has 0 fully saturated rings. The summed E-state index contributed by atoms with van der Waals surface area (Å²) in [4.78, 5) is 4.37. The monoisotopic (exact) mass is 238 g/mol. The standard InChI is InChI=1S/C14H14N4/c1-10(2)18-9-16-17-14(18)12-7-8-15-13-6-4-3-5-11(12)13/h3-10H,1-2H3. The zero-order valence-electron chi connectivity index (χ0n) is 10.4. The largest absolute Gasteiger partial charge is 0.311 e. The number of rotatable bonds is 2. The van der Waals surface area contributed by atoms with Crippen molar-refractivity contribution < 1.29 is 0 Å². The van der Waals surface area contributed by atoms with E-state index in [1.165, 1.54) is 0 Å². The zero-order chi connectivity index (χ0) is 12.5. The van der Waals surface area contributed by atoms with Crippen molar-refractivity contribution in [2.45, 2.75) is 19.9 Å². The van der Waals surface area contributed by atoms with Gasteiger partial charge in [0.1, 0.15) is 6.33 Å². The molecule has 4 heteroatoms. The van der Waals surface area contributed by atoms with Crippen molar-refractivity contribution in [1.29, 1.82) is 0 Å². The minimum Gasteiger partial charge on any atom is -0.311 e. The summed E-state index contributed by atoms with van der Waals surface area (Å²) in [6.07, 6.45) is 3.59. The quantitative estimate of drug-likeness (QED) is 0.689. The lowest BCUT2D eigenvalue weighted by Gasteiger charge is -2.11. The molecular formula is C14H14N4. The fourth-order valence-electron chi connectivity index (χ4n) is 2.10. The van der Waals surface area contributed by atoms with Crippen LogP contribution in [0.3, 0.4) is 0 Å². The Morgan fingerprint density at radius 3 is 2.78 bits per heavy atom. The fraction of sp³-hybridized carbons (Fsp3) is 0.214. The summed E-state index contributed by atoms with van der Waals surface area (Å²) < 4.78 is 2.07. The fourth-order valence-corrected chi connectivity index (χ4v) is 2.10. The second-order valence-electron chi connectivity index (χ2n) is 4.53. The molecule has 0 radical (unpaired) electrons. The van der Waals surface area contributed by atoms with Crippen molar-refractivity contribution >= 4 is 10.9 Å². The molecule has 18 heavy (non-hydrogen) atoms. The smallest absolute Gasteiger partial charge is 0.164 e. The predicted molar refractivity (Wildman–Crippen MR) is 71.1 cm³/mol. The predicted octanol–water partition coefficient (Wildman–Crippen LogP) is 3.07. The van der Waals surface area contributed by atoms with Crippen molar-refractivity contribution in [3.8, 4) is 11.4 Å². The molecule has 1 aromatic carbocycles. The number of aromatic nitrogens is 4. The van der Waals surface area contributed by atoms with Crippen LogP contribution in [0.15, 0.2) is 42.9 Å². The average molecular weight is 238 g/mol. The van der Waals surface area contributed by atoms with Gasteiger partial charge in [0.15, 0.2) is 5.82 Å². The highest BCUT2D eigenvalue weighted by Gasteiger charge is 2.12. The van der Waals surface area contributed by atoms with E-state index in [2.05, 4.69) is 39.7 Å². The Labute approximate surface area is 105 Å². The summed E-state index contributed by atoms with van der Waals surface area (Å²) in [6, 6.07) is 10.4. The van der Waals surface area contributed by atoms with Crippen molar-refractivity contribution in [3.63, 3.8) is 0 Å². The van der Waals surface area contributed by atoms with Crippen LogP contribution in [0.4, 0.5) is 0 Å². The maximum Gasteiger partial charge on any atom is 0.164 e. The van der Waals surface area contributed by atoms with Gasteiger partial charge in [-0.1, -0.05) is 18.2 Å². The van der Waals surface area contributed by atoms with Crippen molar-refractivity contribution in [1.82, 2.24) is 19.7 Å². The van der Waals surface area contributed by atoms with E-state index in [9.17, 15) is 0 Å². The molecule has 0 atom stereocenters. The molecule has 0 saturated heterocycles. The van der Waals surface area contributed by atoms with E-state index >= 15 is 0 Å². The molecule has 0 aliphatic rings. The van der Waals surface area contributed by atoms with Gasteiger partial charge in [-0.05, 0) is 26.0 Å². The van der Waals surface area contributed by atoms with Gasteiger partial charge in [0.25, 0.3) is 0 Å². The summed E-state index contributed by atoms with van der Waals surface area (Å²) in [6.45, 7) is 4.24. The highest BCUT2D eigenvalue weighted by atomic mass is 15.3. The number of pyridine rings is 1. The van der Waals surface area contributed by atoms with Gasteiger partial charge in [-0.2, -0.15) is 0 Å². The van der Waals surface area contributed by atoms with Gasteiger partial charge in [0, 0.05) is 23.2 Å². The van der Waals surface area contributed by atoms with Crippen LogP contribution in [0.2, 0.25) is 0 Å². The number of benzene rings is 1. The third-order valence-corrected chi connectivity index (χ3v) is 3.02. The Kier molecular flexibility index (Phi) is 2.55. The number of nitrogens with zero attached hydrogens (tertiary/aromatic N) is 4. The molecule has 0 aliphatic carbocycles. The van der Waals surface area contributed by atoms with E-state index in [1.54, 1.807) is 6.33 Å². The first-order valence-corrected chi connectivity index (χ1v) is 6.01. The Bertz CT molecular complexity index is 680. The zero-order valence-corrected chi connectivity index (χ0v) is 10.4. The molecule has 0 saturated carbocycles. The molecular weight excluding hydrogens is 224 g/mol. The first-order valence-electron chi connectivity index (χ1n) is 6.01. The molecule has 0 unspecified atom stereocenters. The maximum atomic E-state index is 4.37. The van der Waals surface area contributed by atoms with Gasteiger partial charge in [-0.15, -0.1) is 10.2 Å². The second kappa shape index (κ2) is 4.22. The molecule has 90 valence electrons. The lowest BCUT2D eigenvalue weighted by molar-refractivity contribution is 0.604. The number of fused-ring (bicyclic) bond motifs is 1. The Morgan fingerprint density at radius 2 is 1.94 bits per heavy atom. The number of para-hydroxylation sites is 1. The minimum absolute atomic E-state index is 0.335. The molecule has 0 N–H and O–H groups in total. The number of hydrogen-bond acceptors (Lipinski definition) is 3. The van der Waals surface area contributed by atoms with Crippen LogP contribution in [0.5, 0.6) is 0 Å². The summed E-state index contributed by atoms with van der Waals surface area (Å²) >= 11 is 0. The van der Waals surface area contributed by atoms with E-state index in [0.29, 0.717) is 6.04 Å². The third kappa shape index (κ3) is 1.66. The van der Waals surface area contributed by atoms with Gasteiger partial charge in [-0.3, -0.25) is 4.98 Å². The second-order valence-corrected chi connectivity index (χ2v) is 4.53. The normalized spacial score (nSPS) is 11.3. The lowest BCUT2D eigenvalue weighted by atomic mass is 10.1. The Morgan fingerprint density at radius 1 is 1.11 bits per heavy atom. The summed E-state index contributed by atoms with van der Waals surface area (Å²) in [5, 5.41) is 9.37. The summed E-state index contributed by atoms with van der Waals surface area (Å²) in [5.74, 6) is 0.892. The first-order chi connectivity index (χ1) is 8.77. The van der Waals surface area contributed by atoms with Crippen LogP contribution >= 0.6 is 0 Å². The van der Waals surface area contributed by atoms with E-state index in [-0.39, 0.29) is 0 Å². The van der Waals surface area contributed by atoms with E-state index < -0.39 is 0 Å². The molecule has 0 aliphatic heterocycles. The van der Waals surface area contributed by atoms with Crippen LogP contribution in [0, 0.1) is 0 Å². The molecule has 0 amide bonds. The molecule has 0 spiro atoms. The van der Waals surface area contributed by atoms with Gasteiger partial charge < -0.3 is 4.57 Å². The first kappa shape index (κ1) is 10.9. The van der Waals surface area contributed by atoms with Gasteiger partial charge in [0.2, 0.25) is 0 Å². The molecule has 4 nitrogen and oxygen atoms in total. The lowest BCUT2D eigenvalue weighted by Crippen LogP contribution is -2.02. The summed E-state index contributed by atoms with van der Waals surface area (Å²) in [5.41, 5.74) is 2.06. The van der Waals surface area contributed by atoms with E-state index in [4.69, 9.17) is 0 Å². The maximum absolute atomic E-state index is 4.37. The minimum atomic E-state index is 0.335. The molecule has 2 heterocycles. The van der Waals surface area contributed by atoms with Crippen molar-refractivity contribution in [3.05, 3.63) is 42.9 Å². The molecule has 2 aromatic heterocycles.